The van der Waals surface area contributed by atoms with Gasteiger partial charge in [-0.25, -0.2) is 0 Å². The van der Waals surface area contributed by atoms with Crippen LogP contribution in [0.1, 0.15) is 78.5 Å². The molecule has 0 bridgehead atoms. The van der Waals surface area contributed by atoms with Gasteiger partial charge in [0.1, 0.15) is 11.6 Å². The lowest BCUT2D eigenvalue weighted by atomic mass is 9.82. The van der Waals surface area contributed by atoms with Gasteiger partial charge in [-0.05, 0) is 73.1 Å². The number of ether oxygens (including phenoxy) is 1. The van der Waals surface area contributed by atoms with E-state index in [9.17, 15) is 9.59 Å². The fraction of sp³-hybridized carbons (Fsp3) is 0.481. The van der Waals surface area contributed by atoms with Crippen LogP contribution < -0.4 is 10.1 Å². The maximum absolute atomic E-state index is 13.1. The van der Waals surface area contributed by atoms with Crippen molar-refractivity contribution in [2.75, 3.05) is 13.0 Å². The van der Waals surface area contributed by atoms with Gasteiger partial charge in [-0.3, -0.25) is 9.59 Å². The first-order valence-electron chi connectivity index (χ1n) is 12.0. The van der Waals surface area contributed by atoms with E-state index in [1.807, 2.05) is 35.2 Å². The zero-order valence-electron chi connectivity index (χ0n) is 19.5. The van der Waals surface area contributed by atoms with E-state index >= 15 is 0 Å². The van der Waals surface area contributed by atoms with Crippen LogP contribution in [0.15, 0.2) is 42.5 Å². The fourth-order valence-electron chi connectivity index (χ4n) is 4.94. The minimum Gasteiger partial charge on any atom is -0.497 e. The molecule has 1 aliphatic heterocycles. The number of hydrogen-bond donors (Lipinski definition) is 1. The normalized spacial score (nSPS) is 20.0. The smallest absolute Gasteiger partial charge is 0.251 e. The average molecular weight is 469 g/mol. The van der Waals surface area contributed by atoms with Crippen LogP contribution in [0.25, 0.3) is 0 Å². The van der Waals surface area contributed by atoms with Gasteiger partial charge in [0, 0.05) is 17.6 Å². The van der Waals surface area contributed by atoms with Crippen molar-refractivity contribution in [2.24, 2.45) is 0 Å². The maximum Gasteiger partial charge on any atom is 0.251 e. The highest BCUT2D eigenvalue weighted by molar-refractivity contribution is 6.27. The number of carbonyl (C=O) groups is 2. The number of rotatable bonds is 8. The van der Waals surface area contributed by atoms with Crippen molar-refractivity contribution in [1.82, 2.24) is 10.2 Å². The fourth-order valence-corrected chi connectivity index (χ4v) is 5.08. The summed E-state index contributed by atoms with van der Waals surface area (Å²) in [5, 5.41) is 3.09. The molecule has 2 aliphatic rings. The molecule has 0 unspecified atom stereocenters. The molecule has 1 fully saturated rings. The van der Waals surface area contributed by atoms with Gasteiger partial charge in [-0.15, -0.1) is 11.6 Å². The molecule has 0 saturated heterocycles. The van der Waals surface area contributed by atoms with Gasteiger partial charge in [-0.1, -0.05) is 38.0 Å². The number of benzene rings is 2. The second kappa shape index (κ2) is 10.6. The quantitative estimate of drug-likeness (QED) is 0.538. The predicted molar refractivity (Wildman–Crippen MR) is 131 cm³/mol. The standard InChI is InChI=1S/C27H33ClN2O3/c1-3-4-8-22-15-20-16-23(33-2)13-14-24(20)26(30(22)25(31)17-28)18-9-11-19(12-10-18)27(32)29-21-6-5-7-21/h9-14,16,21-22,26H,3-8,15,17H2,1-2H3,(H,29,32)/t22-,26-/m0/s1. The lowest BCUT2D eigenvalue weighted by molar-refractivity contribution is -0.133. The predicted octanol–water partition coefficient (Wildman–Crippen LogP) is 5.25. The molecular formula is C27H33ClN2O3. The van der Waals surface area contributed by atoms with E-state index in [-0.39, 0.29) is 29.8 Å². The molecule has 0 spiro atoms. The monoisotopic (exact) mass is 468 g/mol. The van der Waals surface area contributed by atoms with Crippen LogP contribution >= 0.6 is 11.6 Å². The van der Waals surface area contributed by atoms with Gasteiger partial charge in [0.05, 0.1) is 13.2 Å². The van der Waals surface area contributed by atoms with Crippen LogP contribution in [0.4, 0.5) is 0 Å². The molecule has 5 nitrogen and oxygen atoms in total. The highest BCUT2D eigenvalue weighted by Crippen LogP contribution is 2.41. The van der Waals surface area contributed by atoms with Gasteiger partial charge in [0.25, 0.3) is 5.91 Å². The Morgan fingerprint density at radius 3 is 2.52 bits per heavy atom. The third-order valence-electron chi connectivity index (χ3n) is 6.99. The number of hydrogen-bond acceptors (Lipinski definition) is 3. The summed E-state index contributed by atoms with van der Waals surface area (Å²) < 4.78 is 5.47. The van der Waals surface area contributed by atoms with Crippen molar-refractivity contribution < 1.29 is 14.3 Å². The number of nitrogens with one attached hydrogen (secondary N) is 1. The molecule has 33 heavy (non-hydrogen) atoms. The Balaban J connectivity index is 1.70. The third kappa shape index (κ3) is 5.03. The highest BCUT2D eigenvalue weighted by atomic mass is 35.5. The first kappa shape index (κ1) is 23.6. The summed E-state index contributed by atoms with van der Waals surface area (Å²) >= 11 is 6.08. The molecular weight excluding hydrogens is 436 g/mol. The molecule has 1 aliphatic carbocycles. The lowest BCUT2D eigenvalue weighted by Gasteiger charge is -2.44. The summed E-state index contributed by atoms with van der Waals surface area (Å²) in [6.07, 6.45) is 7.12. The van der Waals surface area contributed by atoms with Crippen LogP contribution in [-0.2, 0) is 11.2 Å². The van der Waals surface area contributed by atoms with Crippen molar-refractivity contribution in [3.8, 4) is 5.75 Å². The van der Waals surface area contributed by atoms with Gasteiger partial charge in [0.15, 0.2) is 0 Å². The van der Waals surface area contributed by atoms with Gasteiger partial charge in [-0.2, -0.15) is 0 Å². The zero-order chi connectivity index (χ0) is 23.4. The Bertz CT molecular complexity index is 987. The molecule has 0 radical (unpaired) electrons. The van der Waals surface area contributed by atoms with E-state index in [2.05, 4.69) is 24.4 Å². The van der Waals surface area contributed by atoms with Crippen molar-refractivity contribution in [3.63, 3.8) is 0 Å². The number of nitrogens with zero attached hydrogens (tertiary/aromatic N) is 1. The van der Waals surface area contributed by atoms with Crippen LogP contribution in [0.5, 0.6) is 5.75 Å². The zero-order valence-corrected chi connectivity index (χ0v) is 20.2. The summed E-state index contributed by atoms with van der Waals surface area (Å²) in [6.45, 7) is 2.17. The Morgan fingerprint density at radius 2 is 1.91 bits per heavy atom. The Labute approximate surface area is 201 Å². The molecule has 1 N–H and O–H groups in total. The van der Waals surface area contributed by atoms with E-state index in [4.69, 9.17) is 16.3 Å². The molecule has 1 saturated carbocycles. The summed E-state index contributed by atoms with van der Waals surface area (Å²) in [4.78, 5) is 27.7. The van der Waals surface area contributed by atoms with Gasteiger partial charge < -0.3 is 15.0 Å². The van der Waals surface area contributed by atoms with Crippen LogP contribution in [0.3, 0.4) is 0 Å². The molecule has 2 amide bonds. The topological polar surface area (TPSA) is 58.6 Å². The van der Waals surface area contributed by atoms with E-state index in [1.54, 1.807) is 7.11 Å². The minimum atomic E-state index is -0.239. The molecule has 1 heterocycles. The van der Waals surface area contributed by atoms with Crippen LogP contribution in [-0.4, -0.2) is 41.8 Å². The molecule has 2 aromatic rings. The van der Waals surface area contributed by atoms with E-state index < -0.39 is 0 Å². The molecule has 2 aromatic carbocycles. The van der Waals surface area contributed by atoms with Gasteiger partial charge >= 0.3 is 0 Å². The van der Waals surface area contributed by atoms with Gasteiger partial charge in [0.2, 0.25) is 5.91 Å². The number of unbranched alkanes of at least 4 members (excludes halogenated alkanes) is 1. The number of methoxy groups -OCH3 is 1. The maximum atomic E-state index is 13.1. The molecule has 4 rings (SSSR count). The first-order valence-corrected chi connectivity index (χ1v) is 12.5. The highest BCUT2D eigenvalue weighted by Gasteiger charge is 2.38. The Kier molecular flexibility index (Phi) is 7.59. The Morgan fingerprint density at radius 1 is 1.15 bits per heavy atom. The first-order chi connectivity index (χ1) is 16.0. The number of halogens is 1. The SMILES string of the molecule is CCCC[C@H]1Cc2cc(OC)ccc2[C@H](c2ccc(C(=O)NC3CCC3)cc2)N1C(=O)CCl. The van der Waals surface area contributed by atoms with Crippen molar-refractivity contribution in [1.29, 1.82) is 0 Å². The van der Waals surface area contributed by atoms with E-state index in [1.165, 1.54) is 12.0 Å². The molecule has 2 atom stereocenters. The number of alkyl halides is 1. The van der Waals surface area contributed by atoms with Crippen LogP contribution in [0.2, 0.25) is 0 Å². The molecule has 176 valence electrons. The number of amides is 2. The second-order valence-electron chi connectivity index (χ2n) is 9.13. The molecule has 0 aromatic heterocycles. The minimum absolute atomic E-state index is 0.0328. The lowest BCUT2D eigenvalue weighted by Crippen LogP contribution is -2.48. The molecule has 6 heteroatoms. The largest absolute Gasteiger partial charge is 0.497 e. The summed E-state index contributed by atoms with van der Waals surface area (Å²) in [5.74, 6) is 0.680. The average Bonchev–Trinajstić information content (AvgIpc) is 2.83. The third-order valence-corrected chi connectivity index (χ3v) is 7.22. The van der Waals surface area contributed by atoms with E-state index in [0.717, 1.165) is 55.4 Å². The van der Waals surface area contributed by atoms with E-state index in [0.29, 0.717) is 11.6 Å². The number of carbonyl (C=O) groups excluding carboxylic acids is 2. The van der Waals surface area contributed by atoms with Crippen LogP contribution in [0, 0.1) is 0 Å². The summed E-state index contributed by atoms with van der Waals surface area (Å²) in [5.41, 5.74) is 3.93. The van der Waals surface area contributed by atoms with Crippen molar-refractivity contribution >= 4 is 23.4 Å². The summed E-state index contributed by atoms with van der Waals surface area (Å²) in [7, 11) is 1.67. The summed E-state index contributed by atoms with van der Waals surface area (Å²) in [6, 6.07) is 13.9. The Hall–Kier alpha value is -2.53. The van der Waals surface area contributed by atoms with Crippen molar-refractivity contribution in [3.05, 3.63) is 64.7 Å². The number of fused-ring (bicyclic) bond motifs is 1. The second-order valence-corrected chi connectivity index (χ2v) is 9.39. The van der Waals surface area contributed by atoms with Crippen molar-refractivity contribution in [2.45, 2.75) is 70.0 Å².